The Labute approximate surface area is 96.8 Å². The average molecular weight is 226 g/mol. The van der Waals surface area contributed by atoms with E-state index in [2.05, 4.69) is 0 Å². The predicted molar refractivity (Wildman–Crippen MR) is 62.1 cm³/mol. The molecule has 0 spiro atoms. The molecule has 5 heteroatoms. The largest absolute Gasteiger partial charge is 0.490 e. The van der Waals surface area contributed by atoms with Gasteiger partial charge in [-0.2, -0.15) is 0 Å². The first-order valence-corrected chi connectivity index (χ1v) is 5.48. The van der Waals surface area contributed by atoms with Crippen molar-refractivity contribution in [3.8, 4) is 0 Å². The van der Waals surface area contributed by atoms with Crippen molar-refractivity contribution in [2.45, 2.75) is 52.2 Å². The Hall–Kier alpha value is -0.805. The lowest BCUT2D eigenvalue weighted by molar-refractivity contribution is -0.131. The number of carboxylic acids is 1. The quantitative estimate of drug-likeness (QED) is 0.590. The van der Waals surface area contributed by atoms with Crippen molar-refractivity contribution < 1.29 is 19.2 Å². The van der Waals surface area contributed by atoms with E-state index in [1.165, 1.54) is 6.08 Å². The van der Waals surface area contributed by atoms with Gasteiger partial charge in [0.25, 0.3) is 0 Å². The molecule has 90 valence electrons. The topological polar surface area (TPSA) is 55.8 Å². The molecule has 0 aromatic carbocycles. The van der Waals surface area contributed by atoms with Gasteiger partial charge in [-0.15, -0.1) is 0 Å². The van der Waals surface area contributed by atoms with Crippen LogP contribution in [0.2, 0.25) is 0 Å². The number of hydrogen-bond donors (Lipinski definition) is 1. The minimum atomic E-state index is -0.966. The molecule has 1 aliphatic rings. The third-order valence-corrected chi connectivity index (χ3v) is 3.27. The Morgan fingerprint density at radius 3 is 2.00 bits per heavy atom. The standard InChI is InChI=1S/C11H19BO4/c1-6-8(7-9(13)14)12-15-10(2,3)11(4,5)16-12/h7H,6H2,1-5H3,(H,13,14). The zero-order valence-corrected chi connectivity index (χ0v) is 10.5. The van der Waals surface area contributed by atoms with E-state index in [0.29, 0.717) is 11.9 Å². The first kappa shape index (κ1) is 13.3. The maximum absolute atomic E-state index is 10.7. The maximum atomic E-state index is 10.7. The fraction of sp³-hybridized carbons (Fsp3) is 0.727. The minimum Gasteiger partial charge on any atom is -0.478 e. The van der Waals surface area contributed by atoms with Gasteiger partial charge < -0.3 is 14.4 Å². The van der Waals surface area contributed by atoms with E-state index in [-0.39, 0.29) is 0 Å². The highest BCUT2D eigenvalue weighted by atomic mass is 16.7. The second-order valence-corrected chi connectivity index (χ2v) is 5.00. The van der Waals surface area contributed by atoms with Crippen LogP contribution in [0.5, 0.6) is 0 Å². The van der Waals surface area contributed by atoms with Crippen molar-refractivity contribution in [2.24, 2.45) is 0 Å². The Balaban J connectivity index is 2.90. The molecular formula is C11H19BO4. The highest BCUT2D eigenvalue weighted by molar-refractivity contribution is 6.55. The van der Waals surface area contributed by atoms with Crippen molar-refractivity contribution in [3.05, 3.63) is 11.5 Å². The average Bonchev–Trinajstić information content (AvgIpc) is 2.31. The molecule has 0 unspecified atom stereocenters. The zero-order chi connectivity index (χ0) is 12.6. The number of carboxylic acid groups (broad SMARTS) is 1. The van der Waals surface area contributed by atoms with Gasteiger partial charge in [0.15, 0.2) is 0 Å². The van der Waals surface area contributed by atoms with Crippen molar-refractivity contribution in [1.29, 1.82) is 0 Å². The SMILES string of the molecule is CCC(=CC(=O)O)B1OC(C)(C)C(C)(C)O1. The van der Waals surface area contributed by atoms with Crippen LogP contribution in [0.1, 0.15) is 41.0 Å². The summed E-state index contributed by atoms with van der Waals surface area (Å²) in [4.78, 5) is 10.7. The van der Waals surface area contributed by atoms with Crippen LogP contribution in [0.4, 0.5) is 0 Å². The Bertz CT molecular complexity index is 304. The maximum Gasteiger partial charge on any atom is 0.490 e. The van der Waals surface area contributed by atoms with Crippen LogP contribution in [-0.2, 0) is 14.1 Å². The molecule has 0 aromatic heterocycles. The van der Waals surface area contributed by atoms with Crippen LogP contribution >= 0.6 is 0 Å². The number of carbonyl (C=O) groups is 1. The van der Waals surface area contributed by atoms with E-state index in [0.717, 1.165) is 0 Å². The summed E-state index contributed by atoms with van der Waals surface area (Å²) in [5, 5.41) is 8.75. The first-order valence-electron chi connectivity index (χ1n) is 5.48. The Kier molecular flexibility index (Phi) is 3.50. The molecule has 0 atom stereocenters. The van der Waals surface area contributed by atoms with Crippen molar-refractivity contribution >= 4 is 13.1 Å². The Morgan fingerprint density at radius 2 is 1.69 bits per heavy atom. The lowest BCUT2D eigenvalue weighted by Gasteiger charge is -2.32. The number of aliphatic carboxylic acids is 1. The molecule has 1 aliphatic heterocycles. The van der Waals surface area contributed by atoms with E-state index in [4.69, 9.17) is 14.4 Å². The van der Waals surface area contributed by atoms with Gasteiger partial charge in [0, 0.05) is 6.08 Å². The molecule has 0 radical (unpaired) electrons. The van der Waals surface area contributed by atoms with Crippen LogP contribution in [0, 0.1) is 0 Å². The molecule has 0 saturated carbocycles. The van der Waals surface area contributed by atoms with Gasteiger partial charge in [0.1, 0.15) is 0 Å². The minimum absolute atomic E-state index is 0.426. The van der Waals surface area contributed by atoms with E-state index in [9.17, 15) is 4.79 Å². The lowest BCUT2D eigenvalue weighted by atomic mass is 9.76. The molecule has 16 heavy (non-hydrogen) atoms. The monoisotopic (exact) mass is 226 g/mol. The molecule has 1 rings (SSSR count). The van der Waals surface area contributed by atoms with Crippen LogP contribution in [0.15, 0.2) is 11.5 Å². The molecule has 4 nitrogen and oxygen atoms in total. The Morgan fingerprint density at radius 1 is 1.25 bits per heavy atom. The molecule has 0 aromatic rings. The van der Waals surface area contributed by atoms with E-state index in [1.807, 2.05) is 34.6 Å². The predicted octanol–water partition coefficient (Wildman–Crippen LogP) is 2.04. The van der Waals surface area contributed by atoms with Crippen LogP contribution in [-0.4, -0.2) is 29.4 Å². The van der Waals surface area contributed by atoms with Gasteiger partial charge in [0.05, 0.1) is 11.2 Å². The van der Waals surface area contributed by atoms with Gasteiger partial charge >= 0.3 is 13.1 Å². The summed E-state index contributed by atoms with van der Waals surface area (Å²) in [6.45, 7) is 9.67. The molecule has 1 N–H and O–H groups in total. The van der Waals surface area contributed by atoms with Gasteiger partial charge in [0.2, 0.25) is 0 Å². The van der Waals surface area contributed by atoms with Crippen LogP contribution in [0.25, 0.3) is 0 Å². The summed E-state index contributed by atoms with van der Waals surface area (Å²) in [6, 6.07) is 0. The zero-order valence-electron chi connectivity index (χ0n) is 10.5. The summed E-state index contributed by atoms with van der Waals surface area (Å²) in [7, 11) is -0.550. The molecule has 1 fully saturated rings. The van der Waals surface area contributed by atoms with E-state index in [1.54, 1.807) is 0 Å². The molecule has 1 saturated heterocycles. The summed E-state index contributed by atoms with van der Waals surface area (Å²) in [6.07, 6.45) is 1.77. The molecule has 0 bridgehead atoms. The fourth-order valence-electron chi connectivity index (χ4n) is 1.49. The van der Waals surface area contributed by atoms with Crippen molar-refractivity contribution in [3.63, 3.8) is 0 Å². The van der Waals surface area contributed by atoms with Crippen LogP contribution < -0.4 is 0 Å². The highest BCUT2D eigenvalue weighted by Crippen LogP contribution is 2.38. The number of allylic oxidation sites excluding steroid dienone is 1. The van der Waals surface area contributed by atoms with Gasteiger partial charge in [-0.3, -0.25) is 0 Å². The van der Waals surface area contributed by atoms with Crippen molar-refractivity contribution in [2.75, 3.05) is 0 Å². The number of rotatable bonds is 3. The molecule has 0 amide bonds. The van der Waals surface area contributed by atoms with Crippen molar-refractivity contribution in [1.82, 2.24) is 0 Å². The molecular weight excluding hydrogens is 207 g/mol. The summed E-state index contributed by atoms with van der Waals surface area (Å²) in [5.41, 5.74) is -0.194. The molecule has 0 aliphatic carbocycles. The third kappa shape index (κ3) is 2.47. The molecule has 1 heterocycles. The van der Waals surface area contributed by atoms with E-state index >= 15 is 0 Å². The summed E-state index contributed by atoms with van der Waals surface area (Å²) >= 11 is 0. The highest BCUT2D eigenvalue weighted by Gasteiger charge is 2.52. The first-order chi connectivity index (χ1) is 7.19. The number of hydrogen-bond acceptors (Lipinski definition) is 3. The fourth-order valence-corrected chi connectivity index (χ4v) is 1.49. The third-order valence-electron chi connectivity index (χ3n) is 3.27. The van der Waals surface area contributed by atoms with Gasteiger partial charge in [-0.1, -0.05) is 6.92 Å². The van der Waals surface area contributed by atoms with Gasteiger partial charge in [-0.25, -0.2) is 4.79 Å². The van der Waals surface area contributed by atoms with Crippen LogP contribution in [0.3, 0.4) is 0 Å². The van der Waals surface area contributed by atoms with E-state index < -0.39 is 24.3 Å². The smallest absolute Gasteiger partial charge is 0.478 e. The summed E-state index contributed by atoms with van der Waals surface area (Å²) < 4.78 is 11.5. The second-order valence-electron chi connectivity index (χ2n) is 5.00. The van der Waals surface area contributed by atoms with Gasteiger partial charge in [-0.05, 0) is 39.6 Å². The summed E-state index contributed by atoms with van der Waals surface area (Å²) in [5.74, 6) is -0.966. The lowest BCUT2D eigenvalue weighted by Crippen LogP contribution is -2.41. The second kappa shape index (κ2) is 4.22. The normalized spacial score (nSPS) is 23.6.